The van der Waals surface area contributed by atoms with Crippen molar-refractivity contribution in [2.45, 2.75) is 25.9 Å². The first-order valence-electron chi connectivity index (χ1n) is 7.13. The van der Waals surface area contributed by atoms with Gasteiger partial charge in [-0.15, -0.1) is 5.10 Å². The molecule has 0 bridgehead atoms. The minimum absolute atomic E-state index is 0.0621. The normalized spacial score (nSPS) is 16.3. The van der Waals surface area contributed by atoms with Crippen LogP contribution < -0.4 is 10.6 Å². The van der Waals surface area contributed by atoms with Crippen molar-refractivity contribution in [3.8, 4) is 0 Å². The maximum Gasteiger partial charge on any atom is 0.273 e. The van der Waals surface area contributed by atoms with Gasteiger partial charge in [0.15, 0.2) is 5.69 Å². The van der Waals surface area contributed by atoms with Crippen LogP contribution in [0.5, 0.6) is 0 Å². The highest BCUT2D eigenvalue weighted by Gasteiger charge is 2.22. The van der Waals surface area contributed by atoms with E-state index in [0.29, 0.717) is 11.7 Å². The molecule has 3 rings (SSSR count). The molecule has 2 aromatic rings. The number of hydrogen-bond acceptors (Lipinski definition) is 4. The molecule has 0 saturated carbocycles. The van der Waals surface area contributed by atoms with Gasteiger partial charge in [0, 0.05) is 13.1 Å². The molecule has 0 spiro atoms. The van der Waals surface area contributed by atoms with Gasteiger partial charge in [-0.25, -0.2) is 4.68 Å². The third-order valence-electron chi connectivity index (χ3n) is 3.77. The molecule has 0 aliphatic carbocycles. The van der Waals surface area contributed by atoms with Crippen LogP contribution >= 0.6 is 0 Å². The van der Waals surface area contributed by atoms with E-state index in [2.05, 4.69) is 27.0 Å². The molecule has 1 aliphatic rings. The van der Waals surface area contributed by atoms with Crippen LogP contribution in [0.2, 0.25) is 0 Å². The van der Waals surface area contributed by atoms with Crippen molar-refractivity contribution in [2.75, 3.05) is 13.1 Å². The smallest absolute Gasteiger partial charge is 0.273 e. The summed E-state index contributed by atoms with van der Waals surface area (Å²) in [5, 5.41) is 14.1. The molecule has 1 aromatic carbocycles. The monoisotopic (exact) mass is 285 g/mol. The average Bonchev–Trinajstić information content (AvgIpc) is 2.86. The Bertz CT molecular complexity index is 647. The van der Waals surface area contributed by atoms with Crippen LogP contribution in [-0.2, 0) is 0 Å². The highest BCUT2D eigenvalue weighted by molar-refractivity contribution is 5.92. The summed E-state index contributed by atoms with van der Waals surface area (Å²) in [6, 6.07) is 8.36. The van der Waals surface area contributed by atoms with E-state index < -0.39 is 0 Å². The summed E-state index contributed by atoms with van der Waals surface area (Å²) < 4.78 is 1.75. The number of amides is 1. The summed E-state index contributed by atoms with van der Waals surface area (Å²) in [5.41, 5.74) is 2.62. The first-order valence-corrected chi connectivity index (χ1v) is 7.13. The lowest BCUT2D eigenvalue weighted by Crippen LogP contribution is -2.43. The first-order chi connectivity index (χ1) is 10.1. The molecule has 1 atom stereocenters. The Labute approximate surface area is 123 Å². The first kappa shape index (κ1) is 13.8. The van der Waals surface area contributed by atoms with Crippen molar-refractivity contribution in [3.05, 3.63) is 47.3 Å². The quantitative estimate of drug-likeness (QED) is 0.886. The van der Waals surface area contributed by atoms with Crippen LogP contribution in [0.4, 0.5) is 0 Å². The van der Waals surface area contributed by atoms with Crippen molar-refractivity contribution >= 4 is 5.91 Å². The van der Waals surface area contributed by atoms with E-state index in [1.54, 1.807) is 10.9 Å². The zero-order valence-electron chi connectivity index (χ0n) is 12.2. The number of carbonyl (C=O) groups is 1. The van der Waals surface area contributed by atoms with E-state index in [4.69, 9.17) is 0 Å². The lowest BCUT2D eigenvalue weighted by atomic mass is 10.1. The van der Waals surface area contributed by atoms with Crippen molar-refractivity contribution in [2.24, 2.45) is 0 Å². The van der Waals surface area contributed by atoms with Gasteiger partial charge in [-0.2, -0.15) is 0 Å². The zero-order chi connectivity index (χ0) is 14.8. The van der Waals surface area contributed by atoms with E-state index in [1.807, 2.05) is 32.0 Å². The maximum absolute atomic E-state index is 12.2. The van der Waals surface area contributed by atoms with E-state index in [-0.39, 0.29) is 11.9 Å². The summed E-state index contributed by atoms with van der Waals surface area (Å²) in [5.74, 6) is -0.192. The molecule has 1 amide bonds. The second-order valence-corrected chi connectivity index (χ2v) is 5.51. The Morgan fingerprint density at radius 1 is 1.48 bits per heavy atom. The Morgan fingerprint density at radius 2 is 2.29 bits per heavy atom. The van der Waals surface area contributed by atoms with E-state index in [0.717, 1.165) is 18.7 Å². The zero-order valence-corrected chi connectivity index (χ0v) is 12.2. The number of rotatable bonds is 4. The Hall–Kier alpha value is -2.21. The molecule has 2 N–H and O–H groups in total. The molecule has 1 fully saturated rings. The molecule has 0 radical (unpaired) electrons. The summed E-state index contributed by atoms with van der Waals surface area (Å²) in [6.07, 6.45) is 1.71. The molecular weight excluding hydrogens is 266 g/mol. The van der Waals surface area contributed by atoms with Gasteiger partial charge in [-0.05, 0) is 19.4 Å². The number of nitrogens with one attached hydrogen (secondary N) is 2. The van der Waals surface area contributed by atoms with Crippen LogP contribution in [0.15, 0.2) is 30.5 Å². The number of aryl methyl sites for hydroxylation is 1. The Morgan fingerprint density at radius 3 is 2.95 bits per heavy atom. The van der Waals surface area contributed by atoms with Crippen LogP contribution in [0.1, 0.15) is 40.6 Å². The molecule has 1 aromatic heterocycles. The number of carbonyl (C=O) groups excluding carboxylic acids is 1. The Balaban J connectivity index is 1.66. The highest BCUT2D eigenvalue weighted by atomic mass is 16.2. The third kappa shape index (κ3) is 2.95. The lowest BCUT2D eigenvalue weighted by Gasteiger charge is -2.26. The van der Waals surface area contributed by atoms with Crippen LogP contribution in [0, 0.1) is 6.92 Å². The molecule has 0 unspecified atom stereocenters. The topological polar surface area (TPSA) is 71.8 Å². The average molecular weight is 285 g/mol. The summed E-state index contributed by atoms with van der Waals surface area (Å²) >= 11 is 0. The highest BCUT2D eigenvalue weighted by Crippen LogP contribution is 2.15. The maximum atomic E-state index is 12.2. The van der Waals surface area contributed by atoms with Crippen molar-refractivity contribution in [3.63, 3.8) is 0 Å². The van der Waals surface area contributed by atoms with Gasteiger partial charge in [0.2, 0.25) is 0 Å². The minimum atomic E-state index is -0.192. The van der Waals surface area contributed by atoms with E-state index >= 15 is 0 Å². The van der Waals surface area contributed by atoms with Gasteiger partial charge < -0.3 is 10.6 Å². The number of aromatic nitrogens is 3. The van der Waals surface area contributed by atoms with Gasteiger partial charge in [0.25, 0.3) is 5.91 Å². The summed E-state index contributed by atoms with van der Waals surface area (Å²) in [4.78, 5) is 12.2. The van der Waals surface area contributed by atoms with Gasteiger partial charge in [0.1, 0.15) is 0 Å². The minimum Gasteiger partial charge on any atom is -0.344 e. The second-order valence-electron chi connectivity index (χ2n) is 5.51. The SMILES string of the molecule is Cc1cccc([C@@H](C)NC(=O)c2cn(C3CNC3)nn2)c1. The second kappa shape index (κ2) is 5.65. The van der Waals surface area contributed by atoms with Crippen molar-refractivity contribution in [1.29, 1.82) is 0 Å². The molecule has 21 heavy (non-hydrogen) atoms. The fourth-order valence-electron chi connectivity index (χ4n) is 2.31. The molecule has 2 heterocycles. The molecular formula is C15H19N5O. The fourth-order valence-corrected chi connectivity index (χ4v) is 2.31. The van der Waals surface area contributed by atoms with Gasteiger partial charge in [-0.3, -0.25) is 4.79 Å². The standard InChI is InChI=1S/C15H19N5O/c1-10-4-3-5-12(6-10)11(2)17-15(21)14-9-20(19-18-14)13-7-16-8-13/h3-6,9,11,13,16H,7-8H2,1-2H3,(H,17,21)/t11-/m1/s1. The molecule has 1 aliphatic heterocycles. The fraction of sp³-hybridized carbons (Fsp3) is 0.400. The number of benzene rings is 1. The predicted molar refractivity (Wildman–Crippen MR) is 79.0 cm³/mol. The van der Waals surface area contributed by atoms with E-state index in [9.17, 15) is 4.79 Å². The summed E-state index contributed by atoms with van der Waals surface area (Å²) in [6.45, 7) is 5.76. The van der Waals surface area contributed by atoms with Gasteiger partial charge in [-0.1, -0.05) is 35.0 Å². The van der Waals surface area contributed by atoms with Crippen molar-refractivity contribution < 1.29 is 4.79 Å². The van der Waals surface area contributed by atoms with E-state index in [1.165, 1.54) is 5.56 Å². The van der Waals surface area contributed by atoms with Crippen molar-refractivity contribution in [1.82, 2.24) is 25.6 Å². The third-order valence-corrected chi connectivity index (χ3v) is 3.77. The lowest BCUT2D eigenvalue weighted by molar-refractivity contribution is 0.0934. The molecule has 6 heteroatoms. The Kier molecular flexibility index (Phi) is 3.70. The largest absolute Gasteiger partial charge is 0.344 e. The molecule has 1 saturated heterocycles. The molecule has 6 nitrogen and oxygen atoms in total. The summed E-state index contributed by atoms with van der Waals surface area (Å²) in [7, 11) is 0. The molecule has 110 valence electrons. The number of nitrogens with zero attached hydrogens (tertiary/aromatic N) is 3. The van der Waals surface area contributed by atoms with Crippen LogP contribution in [0.3, 0.4) is 0 Å². The van der Waals surface area contributed by atoms with Gasteiger partial charge >= 0.3 is 0 Å². The number of hydrogen-bond donors (Lipinski definition) is 2. The predicted octanol–water partition coefficient (Wildman–Crippen LogP) is 1.22. The van der Waals surface area contributed by atoms with Crippen LogP contribution in [0.25, 0.3) is 0 Å². The van der Waals surface area contributed by atoms with Gasteiger partial charge in [0.05, 0.1) is 18.3 Å². The van der Waals surface area contributed by atoms with Crippen LogP contribution in [-0.4, -0.2) is 34.0 Å².